The van der Waals surface area contributed by atoms with Gasteiger partial charge in [0.05, 0.1) is 23.5 Å². The zero-order valence-corrected chi connectivity index (χ0v) is 9.86. The molecular weight excluding hydrogens is 188 g/mol. The van der Waals surface area contributed by atoms with Gasteiger partial charge in [-0.25, -0.2) is 0 Å². The van der Waals surface area contributed by atoms with Crippen molar-refractivity contribution in [3.63, 3.8) is 0 Å². The fourth-order valence-corrected chi connectivity index (χ4v) is 1.38. The maximum Gasteiger partial charge on any atom is 0.0950 e. The Hall–Kier alpha value is -1.34. The molecule has 1 aromatic rings. The molecule has 1 atom stereocenters. The van der Waals surface area contributed by atoms with Crippen molar-refractivity contribution in [3.8, 4) is 6.07 Å². The van der Waals surface area contributed by atoms with Gasteiger partial charge in [-0.15, -0.1) is 0 Å². The van der Waals surface area contributed by atoms with E-state index >= 15 is 0 Å². The number of hydrogen-bond donors (Lipinski definition) is 0. The molecule has 0 saturated carbocycles. The molecule has 0 radical (unpaired) electrons. The first-order chi connectivity index (χ1) is 7.08. The number of aromatic nitrogens is 2. The topological polar surface area (TPSA) is 44.9 Å². The smallest absolute Gasteiger partial charge is 0.0950 e. The summed E-state index contributed by atoms with van der Waals surface area (Å²) in [5, 5.41) is 13.2. The third kappa shape index (κ3) is 2.80. The largest absolute Gasteiger partial charge is 0.285 e. The second kappa shape index (κ2) is 4.94. The molecule has 1 rings (SSSR count). The van der Waals surface area contributed by atoms with Gasteiger partial charge in [0.2, 0.25) is 0 Å². The van der Waals surface area contributed by atoms with Gasteiger partial charge >= 0.3 is 0 Å². The Balaban J connectivity index is 2.72. The fourth-order valence-electron chi connectivity index (χ4n) is 1.38. The van der Waals surface area contributed by atoms with Gasteiger partial charge in [0.25, 0.3) is 0 Å². The Morgan fingerprint density at radius 3 is 2.80 bits per heavy atom. The summed E-state index contributed by atoms with van der Waals surface area (Å²) in [4.78, 5) is 2.01. The van der Waals surface area contributed by atoms with Gasteiger partial charge < -0.3 is 0 Å². The van der Waals surface area contributed by atoms with E-state index < -0.39 is 0 Å². The molecule has 0 fully saturated rings. The highest BCUT2D eigenvalue weighted by molar-refractivity contribution is 5.10. The van der Waals surface area contributed by atoms with E-state index in [0.29, 0.717) is 0 Å². The molecule has 82 valence electrons. The van der Waals surface area contributed by atoms with E-state index in [1.807, 2.05) is 30.6 Å². The van der Waals surface area contributed by atoms with Crippen molar-refractivity contribution in [2.75, 3.05) is 7.05 Å². The second-order valence-electron chi connectivity index (χ2n) is 3.82. The summed E-state index contributed by atoms with van der Waals surface area (Å²) in [7, 11) is 3.89. The first-order valence-corrected chi connectivity index (χ1v) is 5.20. The van der Waals surface area contributed by atoms with E-state index in [2.05, 4.69) is 24.2 Å². The number of nitrogens with zero attached hydrogens (tertiary/aromatic N) is 4. The molecule has 0 bridgehead atoms. The Bertz CT molecular complexity index is 361. The van der Waals surface area contributed by atoms with Crippen molar-refractivity contribution < 1.29 is 0 Å². The van der Waals surface area contributed by atoms with Crippen LogP contribution in [-0.2, 0) is 20.0 Å². The predicted octanol–water partition coefficient (Wildman–Crippen LogP) is 1.33. The molecule has 0 aromatic carbocycles. The van der Waals surface area contributed by atoms with Crippen LogP contribution in [0.4, 0.5) is 0 Å². The van der Waals surface area contributed by atoms with Crippen molar-refractivity contribution in [1.29, 1.82) is 5.26 Å². The summed E-state index contributed by atoms with van der Waals surface area (Å²) < 4.78 is 1.89. The quantitative estimate of drug-likeness (QED) is 0.746. The molecule has 1 unspecified atom stereocenters. The summed E-state index contributed by atoms with van der Waals surface area (Å²) in [5.41, 5.74) is 2.25. The molecular formula is C11H18N4. The zero-order valence-electron chi connectivity index (χ0n) is 9.86. The van der Waals surface area contributed by atoms with Crippen molar-refractivity contribution >= 4 is 0 Å². The van der Waals surface area contributed by atoms with Crippen LogP contribution in [0.15, 0.2) is 6.07 Å². The zero-order chi connectivity index (χ0) is 11.4. The average Bonchev–Trinajstić information content (AvgIpc) is 2.58. The third-order valence-electron chi connectivity index (χ3n) is 2.65. The molecule has 0 N–H and O–H groups in total. The summed E-state index contributed by atoms with van der Waals surface area (Å²) in [6, 6.07) is 4.25. The van der Waals surface area contributed by atoms with E-state index in [1.165, 1.54) is 0 Å². The Morgan fingerprint density at radius 2 is 2.33 bits per heavy atom. The minimum Gasteiger partial charge on any atom is -0.285 e. The Labute approximate surface area is 91.1 Å². The second-order valence-corrected chi connectivity index (χ2v) is 3.82. The molecule has 15 heavy (non-hydrogen) atoms. The maximum absolute atomic E-state index is 8.79. The minimum absolute atomic E-state index is 0.0648. The number of rotatable bonds is 4. The minimum atomic E-state index is -0.0648. The van der Waals surface area contributed by atoms with E-state index in [-0.39, 0.29) is 6.04 Å². The van der Waals surface area contributed by atoms with Crippen molar-refractivity contribution in [2.45, 2.75) is 32.9 Å². The third-order valence-corrected chi connectivity index (χ3v) is 2.65. The van der Waals surface area contributed by atoms with Crippen LogP contribution in [0.5, 0.6) is 0 Å². The fraction of sp³-hybridized carbons (Fsp3) is 0.636. The van der Waals surface area contributed by atoms with Crippen LogP contribution >= 0.6 is 0 Å². The summed E-state index contributed by atoms with van der Waals surface area (Å²) in [6.45, 7) is 4.75. The van der Waals surface area contributed by atoms with Crippen LogP contribution in [-0.4, -0.2) is 27.8 Å². The lowest BCUT2D eigenvalue weighted by atomic mass is 10.2. The van der Waals surface area contributed by atoms with Gasteiger partial charge in [-0.3, -0.25) is 9.58 Å². The first kappa shape index (κ1) is 11.7. The van der Waals surface area contributed by atoms with E-state index in [4.69, 9.17) is 5.26 Å². The van der Waals surface area contributed by atoms with Gasteiger partial charge in [0.1, 0.15) is 0 Å². The number of aryl methyl sites for hydroxylation is 2. The van der Waals surface area contributed by atoms with Gasteiger partial charge in [-0.05, 0) is 26.5 Å². The van der Waals surface area contributed by atoms with Crippen LogP contribution in [0.25, 0.3) is 0 Å². The highest BCUT2D eigenvalue weighted by Crippen LogP contribution is 2.08. The van der Waals surface area contributed by atoms with E-state index in [1.54, 1.807) is 0 Å². The predicted molar refractivity (Wildman–Crippen MR) is 59.1 cm³/mol. The van der Waals surface area contributed by atoms with Gasteiger partial charge in [0, 0.05) is 13.6 Å². The summed E-state index contributed by atoms with van der Waals surface area (Å²) in [5.74, 6) is 0. The molecule has 4 nitrogen and oxygen atoms in total. The lowest BCUT2D eigenvalue weighted by Gasteiger charge is -2.18. The highest BCUT2D eigenvalue weighted by Gasteiger charge is 2.11. The lowest BCUT2D eigenvalue weighted by molar-refractivity contribution is 0.286. The summed E-state index contributed by atoms with van der Waals surface area (Å²) >= 11 is 0. The molecule has 0 aliphatic heterocycles. The van der Waals surface area contributed by atoms with Crippen LogP contribution in [0, 0.1) is 11.3 Å². The van der Waals surface area contributed by atoms with Crippen LogP contribution in [0.3, 0.4) is 0 Å². The van der Waals surface area contributed by atoms with Gasteiger partial charge in [0.15, 0.2) is 0 Å². The molecule has 0 spiro atoms. The molecule has 0 aliphatic carbocycles. The molecule has 0 aliphatic rings. The van der Waals surface area contributed by atoms with Gasteiger partial charge in [-0.1, -0.05) is 6.92 Å². The Kier molecular flexibility index (Phi) is 3.87. The van der Waals surface area contributed by atoms with Crippen LogP contribution < -0.4 is 0 Å². The molecule has 4 heteroatoms. The van der Waals surface area contributed by atoms with Crippen molar-refractivity contribution in [1.82, 2.24) is 14.7 Å². The molecule has 1 heterocycles. The Morgan fingerprint density at radius 1 is 1.67 bits per heavy atom. The average molecular weight is 206 g/mol. The SMILES string of the molecule is CCc1cc(CN(C)C(C)C#N)n(C)n1. The van der Waals surface area contributed by atoms with E-state index in [9.17, 15) is 0 Å². The number of hydrogen-bond acceptors (Lipinski definition) is 3. The maximum atomic E-state index is 8.79. The van der Waals surface area contributed by atoms with Crippen LogP contribution in [0.1, 0.15) is 25.2 Å². The van der Waals surface area contributed by atoms with Crippen LogP contribution in [0.2, 0.25) is 0 Å². The van der Waals surface area contributed by atoms with Gasteiger partial charge in [-0.2, -0.15) is 10.4 Å². The highest BCUT2D eigenvalue weighted by atomic mass is 15.3. The standard InChI is InChI=1S/C11H18N4/c1-5-10-6-11(15(4)13-10)8-14(3)9(2)7-12/h6,9H,5,8H2,1-4H3. The van der Waals surface area contributed by atoms with E-state index in [0.717, 1.165) is 24.4 Å². The molecule has 1 aromatic heterocycles. The van der Waals surface area contributed by atoms with Crippen molar-refractivity contribution in [2.24, 2.45) is 7.05 Å². The molecule has 0 saturated heterocycles. The van der Waals surface area contributed by atoms with Crippen molar-refractivity contribution in [3.05, 3.63) is 17.5 Å². The normalized spacial score (nSPS) is 12.8. The monoisotopic (exact) mass is 206 g/mol. The first-order valence-electron chi connectivity index (χ1n) is 5.20. The lowest BCUT2D eigenvalue weighted by Crippen LogP contribution is -2.27. The summed E-state index contributed by atoms with van der Waals surface area (Å²) in [6.07, 6.45) is 0.950. The molecule has 0 amide bonds. The number of nitriles is 1.